The summed E-state index contributed by atoms with van der Waals surface area (Å²) in [4.78, 5) is 11.5. The molecule has 0 N–H and O–H groups in total. The van der Waals surface area contributed by atoms with Crippen molar-refractivity contribution in [1.82, 2.24) is 14.8 Å². The smallest absolute Gasteiger partial charge is 0.191 e. The van der Waals surface area contributed by atoms with Crippen LogP contribution in [0.1, 0.15) is 23.1 Å². The number of carbonyl (C=O) groups excluding carboxylic acids is 1. The molecule has 2 aromatic rings. The Balaban J connectivity index is 1.90. The molecule has 1 heterocycles. The number of rotatable bonds is 8. The van der Waals surface area contributed by atoms with Gasteiger partial charge in [-0.2, -0.15) is 0 Å². The topological polar surface area (TPSA) is 57.0 Å². The normalized spacial score (nSPS) is 10.5. The first-order valence-electron chi connectivity index (χ1n) is 6.99. The van der Waals surface area contributed by atoms with Crippen molar-refractivity contribution in [2.45, 2.75) is 25.5 Å². The highest BCUT2D eigenvalue weighted by atomic mass is 32.2. The minimum Gasteiger partial charge on any atom is -0.492 e. The molecule has 1 aromatic heterocycles. The van der Waals surface area contributed by atoms with E-state index in [1.165, 1.54) is 6.92 Å². The van der Waals surface area contributed by atoms with Crippen LogP contribution in [0.3, 0.4) is 0 Å². The molecule has 6 heteroatoms. The van der Waals surface area contributed by atoms with Crippen molar-refractivity contribution in [3.8, 4) is 5.75 Å². The van der Waals surface area contributed by atoms with Gasteiger partial charge in [0.2, 0.25) is 0 Å². The summed E-state index contributed by atoms with van der Waals surface area (Å²) in [5.74, 6) is 2.22. The van der Waals surface area contributed by atoms with Crippen LogP contribution in [0.5, 0.6) is 5.75 Å². The third kappa shape index (κ3) is 3.98. The highest BCUT2D eigenvalue weighted by Gasteiger charge is 2.09. The Morgan fingerprint density at radius 2 is 2.18 bits per heavy atom. The molecule has 0 aliphatic carbocycles. The van der Waals surface area contributed by atoms with E-state index in [4.69, 9.17) is 4.74 Å². The molecular formula is C16H19N3O2S. The number of benzene rings is 1. The van der Waals surface area contributed by atoms with Crippen LogP contribution in [0.2, 0.25) is 0 Å². The zero-order chi connectivity index (χ0) is 15.9. The molecule has 0 amide bonds. The molecule has 5 nitrogen and oxygen atoms in total. The number of aryl methyl sites for hydroxylation is 1. The molecule has 0 aliphatic heterocycles. The molecule has 1 aromatic carbocycles. The van der Waals surface area contributed by atoms with Gasteiger partial charge >= 0.3 is 0 Å². The first kappa shape index (κ1) is 16.3. The molecule has 0 saturated carbocycles. The third-order valence-corrected chi connectivity index (χ3v) is 3.98. The summed E-state index contributed by atoms with van der Waals surface area (Å²) in [6, 6.07) is 7.28. The van der Waals surface area contributed by atoms with Crippen molar-refractivity contribution in [1.29, 1.82) is 0 Å². The average molecular weight is 317 g/mol. The Morgan fingerprint density at radius 1 is 1.41 bits per heavy atom. The van der Waals surface area contributed by atoms with Crippen molar-refractivity contribution >= 4 is 17.5 Å². The van der Waals surface area contributed by atoms with Gasteiger partial charge in [-0.3, -0.25) is 4.79 Å². The fraction of sp³-hybridized carbons (Fsp3) is 0.312. The Bertz CT molecular complexity index is 667. The Kier molecular flexibility index (Phi) is 5.77. The Hall–Kier alpha value is -2.08. The molecule has 2 rings (SSSR count). The quantitative estimate of drug-likeness (QED) is 0.324. The molecule has 0 aliphatic rings. The van der Waals surface area contributed by atoms with Crippen molar-refractivity contribution in [3.63, 3.8) is 0 Å². The van der Waals surface area contributed by atoms with Crippen LogP contribution in [0.15, 0.2) is 42.1 Å². The highest BCUT2D eigenvalue weighted by Crippen LogP contribution is 2.20. The molecule has 0 spiro atoms. The number of allylic oxidation sites excluding steroid dienone is 1. The summed E-state index contributed by atoms with van der Waals surface area (Å²) in [7, 11) is 0. The number of para-hydroxylation sites is 1. The Labute approximate surface area is 134 Å². The summed E-state index contributed by atoms with van der Waals surface area (Å²) in [6.45, 7) is 8.38. The van der Waals surface area contributed by atoms with Gasteiger partial charge in [0.05, 0.1) is 12.2 Å². The second-order valence-electron chi connectivity index (χ2n) is 4.68. The standard InChI is InChI=1S/C16H19N3O2S/c1-4-9-19-13(3)17-18-16(19)22-11-10-21-15-8-6-5-7-14(15)12(2)20/h4-8H,1,9-11H2,2-3H3. The molecule has 0 radical (unpaired) electrons. The maximum atomic E-state index is 11.5. The third-order valence-electron chi connectivity index (χ3n) is 3.05. The van der Waals surface area contributed by atoms with Crippen LogP contribution >= 0.6 is 11.8 Å². The summed E-state index contributed by atoms with van der Waals surface area (Å²) in [6.07, 6.45) is 1.82. The molecule has 22 heavy (non-hydrogen) atoms. The van der Waals surface area contributed by atoms with E-state index in [0.29, 0.717) is 24.5 Å². The number of nitrogens with zero attached hydrogens (tertiary/aromatic N) is 3. The summed E-state index contributed by atoms with van der Waals surface area (Å²) < 4.78 is 7.71. The van der Waals surface area contributed by atoms with Crippen LogP contribution in [0.4, 0.5) is 0 Å². The largest absolute Gasteiger partial charge is 0.492 e. The molecule has 0 fully saturated rings. The molecule has 0 atom stereocenters. The van der Waals surface area contributed by atoms with E-state index in [0.717, 1.165) is 16.7 Å². The number of thioether (sulfide) groups is 1. The number of carbonyl (C=O) groups is 1. The van der Waals surface area contributed by atoms with Crippen LogP contribution in [-0.2, 0) is 6.54 Å². The number of ketones is 1. The summed E-state index contributed by atoms with van der Waals surface area (Å²) in [5.41, 5.74) is 0.609. The van der Waals surface area contributed by atoms with Crippen LogP contribution < -0.4 is 4.74 Å². The zero-order valence-electron chi connectivity index (χ0n) is 12.8. The number of aromatic nitrogens is 3. The number of Topliss-reactive ketones (excluding diaryl/α,β-unsaturated/α-hetero) is 1. The second kappa shape index (κ2) is 7.79. The van der Waals surface area contributed by atoms with Gasteiger partial charge in [-0.25, -0.2) is 0 Å². The molecule has 116 valence electrons. The van der Waals surface area contributed by atoms with Gasteiger partial charge in [0.15, 0.2) is 10.9 Å². The van der Waals surface area contributed by atoms with Gasteiger partial charge < -0.3 is 9.30 Å². The summed E-state index contributed by atoms with van der Waals surface area (Å²) in [5, 5.41) is 9.06. The second-order valence-corrected chi connectivity index (χ2v) is 5.74. The number of ether oxygens (including phenoxy) is 1. The van der Waals surface area contributed by atoms with Crippen LogP contribution in [0, 0.1) is 6.92 Å². The molecule has 0 unspecified atom stereocenters. The molecule has 0 saturated heterocycles. The Morgan fingerprint density at radius 3 is 2.91 bits per heavy atom. The monoisotopic (exact) mass is 317 g/mol. The van der Waals surface area contributed by atoms with Crippen LogP contribution in [0.25, 0.3) is 0 Å². The molecule has 0 bridgehead atoms. The number of hydrogen-bond acceptors (Lipinski definition) is 5. The SMILES string of the molecule is C=CCn1c(C)nnc1SCCOc1ccccc1C(C)=O. The fourth-order valence-corrected chi connectivity index (χ4v) is 2.79. The van der Waals surface area contributed by atoms with E-state index >= 15 is 0 Å². The van der Waals surface area contributed by atoms with Crippen LogP contribution in [-0.4, -0.2) is 32.9 Å². The fourth-order valence-electron chi connectivity index (χ4n) is 1.98. The summed E-state index contributed by atoms with van der Waals surface area (Å²) >= 11 is 1.57. The maximum Gasteiger partial charge on any atom is 0.191 e. The van der Waals surface area contributed by atoms with Gasteiger partial charge in [-0.05, 0) is 26.0 Å². The van der Waals surface area contributed by atoms with Gasteiger partial charge in [0.25, 0.3) is 0 Å². The van der Waals surface area contributed by atoms with Gasteiger partial charge in [-0.1, -0.05) is 30.0 Å². The van der Waals surface area contributed by atoms with E-state index < -0.39 is 0 Å². The van der Waals surface area contributed by atoms with E-state index in [9.17, 15) is 4.79 Å². The van der Waals surface area contributed by atoms with Gasteiger partial charge in [0, 0.05) is 12.3 Å². The lowest BCUT2D eigenvalue weighted by Crippen LogP contribution is -2.06. The van der Waals surface area contributed by atoms with E-state index in [-0.39, 0.29) is 5.78 Å². The van der Waals surface area contributed by atoms with Gasteiger partial charge in [-0.15, -0.1) is 16.8 Å². The predicted molar refractivity (Wildman–Crippen MR) is 87.6 cm³/mol. The van der Waals surface area contributed by atoms with E-state index in [2.05, 4.69) is 16.8 Å². The van der Waals surface area contributed by atoms with Crippen molar-refractivity contribution in [3.05, 3.63) is 48.3 Å². The van der Waals surface area contributed by atoms with Crippen molar-refractivity contribution in [2.24, 2.45) is 0 Å². The minimum absolute atomic E-state index is 0.00426. The molecular weight excluding hydrogens is 298 g/mol. The highest BCUT2D eigenvalue weighted by molar-refractivity contribution is 7.99. The maximum absolute atomic E-state index is 11.5. The first-order chi connectivity index (χ1) is 10.6. The zero-order valence-corrected chi connectivity index (χ0v) is 13.6. The predicted octanol–water partition coefficient (Wildman–Crippen LogP) is 3.15. The van der Waals surface area contributed by atoms with Crippen molar-refractivity contribution in [2.75, 3.05) is 12.4 Å². The lowest BCUT2D eigenvalue weighted by molar-refractivity contribution is 0.101. The number of hydrogen-bond donors (Lipinski definition) is 0. The van der Waals surface area contributed by atoms with E-state index in [1.807, 2.05) is 35.8 Å². The van der Waals surface area contributed by atoms with Gasteiger partial charge in [0.1, 0.15) is 11.6 Å². The van der Waals surface area contributed by atoms with E-state index in [1.54, 1.807) is 17.8 Å². The minimum atomic E-state index is 0.00426. The lowest BCUT2D eigenvalue weighted by atomic mass is 10.1. The average Bonchev–Trinajstić information content (AvgIpc) is 2.85. The lowest BCUT2D eigenvalue weighted by Gasteiger charge is -2.09. The van der Waals surface area contributed by atoms with Crippen molar-refractivity contribution < 1.29 is 9.53 Å². The first-order valence-corrected chi connectivity index (χ1v) is 7.98.